The van der Waals surface area contributed by atoms with Crippen molar-refractivity contribution in [3.05, 3.63) is 10.5 Å². The minimum Gasteiger partial charge on any atom is -0.295 e. The Morgan fingerprint density at radius 3 is 2.44 bits per heavy atom. The second-order valence-corrected chi connectivity index (χ2v) is 4.58. The van der Waals surface area contributed by atoms with Gasteiger partial charge in [-0.1, -0.05) is 6.92 Å². The summed E-state index contributed by atoms with van der Waals surface area (Å²) >= 11 is 4.02. The molecular formula is C11H12N2O4S. The van der Waals surface area contributed by atoms with Crippen LogP contribution in [0.5, 0.6) is 0 Å². The van der Waals surface area contributed by atoms with Crippen molar-refractivity contribution in [3.8, 4) is 0 Å². The van der Waals surface area contributed by atoms with Crippen molar-refractivity contribution in [1.29, 1.82) is 0 Å². The molecule has 0 saturated carbocycles. The van der Waals surface area contributed by atoms with Gasteiger partial charge in [0.25, 0.3) is 11.8 Å². The van der Waals surface area contributed by atoms with Crippen LogP contribution in [0.15, 0.2) is 10.5 Å². The molecule has 96 valence electrons. The molecule has 1 N–H and O–H groups in total. The maximum absolute atomic E-state index is 12.0. The average Bonchev–Trinajstić information content (AvgIpc) is 2.52. The highest BCUT2D eigenvalue weighted by Crippen LogP contribution is 2.29. The minimum absolute atomic E-state index is 0.0900. The number of thiol groups is 1. The highest BCUT2D eigenvalue weighted by Gasteiger charge is 2.44. The van der Waals surface area contributed by atoms with Crippen molar-refractivity contribution >= 4 is 36.3 Å². The maximum Gasteiger partial charge on any atom is 0.268 e. The van der Waals surface area contributed by atoms with E-state index in [0.717, 1.165) is 4.90 Å². The maximum atomic E-state index is 12.0. The Morgan fingerprint density at radius 2 is 1.94 bits per heavy atom. The summed E-state index contributed by atoms with van der Waals surface area (Å²) < 4.78 is 0. The normalized spacial score (nSPS) is 25.0. The number of carbonyl (C=O) groups excluding carboxylic acids is 4. The minimum atomic E-state index is -0.908. The predicted molar refractivity (Wildman–Crippen MR) is 64.3 cm³/mol. The smallest absolute Gasteiger partial charge is 0.268 e. The number of rotatable bonds is 2. The fourth-order valence-corrected chi connectivity index (χ4v) is 2.47. The van der Waals surface area contributed by atoms with Crippen LogP contribution in [-0.4, -0.2) is 34.6 Å². The fourth-order valence-electron chi connectivity index (χ4n) is 2.11. The second-order valence-electron chi connectivity index (χ2n) is 4.13. The third kappa shape index (κ3) is 1.84. The summed E-state index contributed by atoms with van der Waals surface area (Å²) in [6.07, 6.45) is 0.671. The van der Waals surface area contributed by atoms with E-state index in [1.807, 2.05) is 0 Å². The summed E-state index contributed by atoms with van der Waals surface area (Å²) in [5.74, 6) is -2.03. The van der Waals surface area contributed by atoms with Crippen molar-refractivity contribution in [2.45, 2.75) is 32.2 Å². The molecule has 1 unspecified atom stereocenters. The van der Waals surface area contributed by atoms with Crippen molar-refractivity contribution in [2.24, 2.45) is 0 Å². The van der Waals surface area contributed by atoms with Gasteiger partial charge in [0.2, 0.25) is 11.8 Å². The van der Waals surface area contributed by atoms with Gasteiger partial charge in [0.15, 0.2) is 0 Å². The van der Waals surface area contributed by atoms with Crippen molar-refractivity contribution in [3.63, 3.8) is 0 Å². The summed E-state index contributed by atoms with van der Waals surface area (Å²) in [5, 5.41) is 2.13. The number of nitrogens with one attached hydrogen (secondary N) is 1. The molecule has 0 radical (unpaired) electrons. The van der Waals surface area contributed by atoms with Gasteiger partial charge in [-0.25, -0.2) is 0 Å². The quantitative estimate of drug-likeness (QED) is 0.534. The lowest BCUT2D eigenvalue weighted by atomic mass is 10.0. The number of nitrogens with zero attached hydrogens (tertiary/aromatic N) is 1. The van der Waals surface area contributed by atoms with E-state index in [1.54, 1.807) is 6.92 Å². The molecule has 0 aromatic rings. The Balaban J connectivity index is 2.27. The van der Waals surface area contributed by atoms with Gasteiger partial charge in [0.05, 0.1) is 4.91 Å². The van der Waals surface area contributed by atoms with Gasteiger partial charge in [-0.15, -0.1) is 12.6 Å². The zero-order valence-electron chi connectivity index (χ0n) is 9.73. The molecule has 0 aromatic carbocycles. The van der Waals surface area contributed by atoms with Gasteiger partial charge in [-0.2, -0.15) is 0 Å². The van der Waals surface area contributed by atoms with Crippen LogP contribution in [0.3, 0.4) is 0 Å². The second kappa shape index (κ2) is 4.56. The van der Waals surface area contributed by atoms with Gasteiger partial charge < -0.3 is 0 Å². The predicted octanol–water partition coefficient (Wildman–Crippen LogP) is -0.246. The fraction of sp³-hybridized carbons (Fsp3) is 0.455. The molecule has 1 saturated heterocycles. The average molecular weight is 268 g/mol. The summed E-state index contributed by atoms with van der Waals surface area (Å²) in [6, 6.07) is -0.908. The van der Waals surface area contributed by atoms with Gasteiger partial charge >= 0.3 is 0 Å². The molecule has 0 spiro atoms. The molecule has 2 heterocycles. The molecule has 0 aromatic heterocycles. The lowest BCUT2D eigenvalue weighted by Gasteiger charge is -2.28. The first-order valence-electron chi connectivity index (χ1n) is 5.61. The van der Waals surface area contributed by atoms with E-state index in [2.05, 4.69) is 17.9 Å². The number of imide groups is 2. The van der Waals surface area contributed by atoms with Crippen LogP contribution in [0, 0.1) is 0 Å². The van der Waals surface area contributed by atoms with Crippen LogP contribution in [0.2, 0.25) is 0 Å². The third-order valence-electron chi connectivity index (χ3n) is 3.06. The molecule has 0 aliphatic carbocycles. The summed E-state index contributed by atoms with van der Waals surface area (Å²) in [5.41, 5.74) is 0.313. The highest BCUT2D eigenvalue weighted by molar-refractivity contribution is 7.85. The van der Waals surface area contributed by atoms with E-state index in [1.165, 1.54) is 0 Å². The van der Waals surface area contributed by atoms with Gasteiger partial charge in [-0.3, -0.25) is 29.4 Å². The SMILES string of the molecule is CCC1=C(S)C(=O)N(C2CCC(=O)NC2=O)C1=O. The van der Waals surface area contributed by atoms with Crippen molar-refractivity contribution < 1.29 is 19.2 Å². The Bertz CT molecular complexity index is 497. The molecule has 0 bridgehead atoms. The molecule has 18 heavy (non-hydrogen) atoms. The summed E-state index contributed by atoms with van der Waals surface area (Å²) in [7, 11) is 0. The zero-order valence-corrected chi connectivity index (χ0v) is 10.6. The third-order valence-corrected chi connectivity index (χ3v) is 3.52. The van der Waals surface area contributed by atoms with Crippen molar-refractivity contribution in [2.75, 3.05) is 0 Å². The van der Waals surface area contributed by atoms with Crippen LogP contribution in [0.25, 0.3) is 0 Å². The van der Waals surface area contributed by atoms with Crippen LogP contribution in [-0.2, 0) is 19.2 Å². The molecular weight excluding hydrogens is 256 g/mol. The van der Waals surface area contributed by atoms with E-state index < -0.39 is 23.8 Å². The first-order valence-corrected chi connectivity index (χ1v) is 6.05. The standard InChI is InChI=1S/C11H12N2O4S/c1-2-5-8(18)11(17)13(10(5)16)6-3-4-7(14)12-9(6)15/h6,18H,2-4H2,1H3,(H,12,14,15). The largest absolute Gasteiger partial charge is 0.295 e. The first kappa shape index (κ1) is 12.8. The zero-order chi connectivity index (χ0) is 13.4. The van der Waals surface area contributed by atoms with E-state index in [9.17, 15) is 19.2 Å². The van der Waals surface area contributed by atoms with Gasteiger partial charge in [0.1, 0.15) is 6.04 Å². The lowest BCUT2D eigenvalue weighted by Crippen LogP contribution is -2.54. The monoisotopic (exact) mass is 268 g/mol. The van der Waals surface area contributed by atoms with E-state index in [-0.39, 0.29) is 23.7 Å². The van der Waals surface area contributed by atoms with Crippen LogP contribution < -0.4 is 5.32 Å². The highest BCUT2D eigenvalue weighted by atomic mass is 32.1. The lowest BCUT2D eigenvalue weighted by molar-refractivity contribution is -0.149. The number of hydrogen-bond donors (Lipinski definition) is 2. The summed E-state index contributed by atoms with van der Waals surface area (Å²) in [6.45, 7) is 1.74. The van der Waals surface area contributed by atoms with Crippen LogP contribution in [0.4, 0.5) is 0 Å². The van der Waals surface area contributed by atoms with Crippen LogP contribution >= 0.6 is 12.6 Å². The Labute approximate surface area is 109 Å². The summed E-state index contributed by atoms with van der Waals surface area (Å²) in [4.78, 5) is 47.6. The van der Waals surface area contributed by atoms with Gasteiger partial charge in [-0.05, 0) is 12.8 Å². The Hall–Kier alpha value is -1.63. The number of carbonyl (C=O) groups is 4. The first-order chi connectivity index (χ1) is 8.47. The van der Waals surface area contributed by atoms with E-state index >= 15 is 0 Å². The molecule has 1 atom stereocenters. The van der Waals surface area contributed by atoms with E-state index in [0.29, 0.717) is 12.0 Å². The number of piperidine rings is 1. The molecule has 4 amide bonds. The Kier molecular flexibility index (Phi) is 3.25. The van der Waals surface area contributed by atoms with Crippen molar-refractivity contribution in [1.82, 2.24) is 10.2 Å². The molecule has 2 aliphatic rings. The molecule has 2 rings (SSSR count). The Morgan fingerprint density at radius 1 is 1.28 bits per heavy atom. The molecule has 2 aliphatic heterocycles. The topological polar surface area (TPSA) is 83.6 Å². The molecule has 7 heteroatoms. The molecule has 1 fully saturated rings. The van der Waals surface area contributed by atoms with Gasteiger partial charge in [0, 0.05) is 12.0 Å². The molecule has 6 nitrogen and oxygen atoms in total. The van der Waals surface area contributed by atoms with Crippen LogP contribution in [0.1, 0.15) is 26.2 Å². The number of amides is 4. The van der Waals surface area contributed by atoms with E-state index in [4.69, 9.17) is 0 Å². The number of hydrogen-bond acceptors (Lipinski definition) is 5.